The van der Waals surface area contributed by atoms with Crippen LogP contribution in [0.15, 0.2) is 29.1 Å². The van der Waals surface area contributed by atoms with Crippen molar-refractivity contribution in [1.82, 2.24) is 15.3 Å². The van der Waals surface area contributed by atoms with Gasteiger partial charge in [0.05, 0.1) is 6.04 Å². The molecule has 1 aromatic carbocycles. The monoisotopic (exact) mass is 468 g/mol. The predicted octanol–water partition coefficient (Wildman–Crippen LogP) is -0.663. The number of nitrogens with two attached hydrogens (primary N) is 1. The fraction of sp³-hybridized carbons (Fsp3) is 0.316. The standard InChI is InChI=1S/C19H23N7O6.Na/c20-19-25-15-14(17(30)26-19)23-11(8-22-15)7-21-10-3-1-9(2-4-10)16(29)24-12(18(31)32)5-6-13(27)28;/h1-4,11-12,21,23H,5-8H2,(H,24,29)(H,27,28)(H,31,32)(H4,20,22,25,26,30);/t11?,12-;/m0./s1. The molecule has 1 aromatic heterocycles. The zero-order valence-electron chi connectivity index (χ0n) is 17.8. The van der Waals surface area contributed by atoms with Gasteiger partial charge in [-0.25, -0.2) is 4.79 Å². The molecule has 0 bridgehead atoms. The van der Waals surface area contributed by atoms with E-state index in [9.17, 15) is 19.2 Å². The summed E-state index contributed by atoms with van der Waals surface area (Å²) in [4.78, 5) is 52.6. The number of nitrogens with one attached hydrogen (secondary N) is 5. The van der Waals surface area contributed by atoms with Crippen LogP contribution in [0.25, 0.3) is 0 Å². The van der Waals surface area contributed by atoms with Crippen molar-refractivity contribution in [3.05, 3.63) is 40.2 Å². The summed E-state index contributed by atoms with van der Waals surface area (Å²) in [6, 6.07) is 4.93. The van der Waals surface area contributed by atoms with Crippen molar-refractivity contribution < 1.29 is 24.6 Å². The predicted molar refractivity (Wildman–Crippen MR) is 122 cm³/mol. The van der Waals surface area contributed by atoms with Gasteiger partial charge in [0.2, 0.25) is 5.95 Å². The smallest absolute Gasteiger partial charge is 0.326 e. The van der Waals surface area contributed by atoms with E-state index >= 15 is 0 Å². The number of rotatable bonds is 9. The summed E-state index contributed by atoms with van der Waals surface area (Å²) < 4.78 is 0. The van der Waals surface area contributed by atoms with E-state index in [1.54, 1.807) is 12.1 Å². The van der Waals surface area contributed by atoms with Gasteiger partial charge in [0.15, 0.2) is 5.82 Å². The normalized spacial score (nSPS) is 15.0. The second kappa shape index (κ2) is 11.5. The van der Waals surface area contributed by atoms with Crippen LogP contribution in [0.2, 0.25) is 0 Å². The molecule has 0 spiro atoms. The fourth-order valence-electron chi connectivity index (χ4n) is 3.10. The maximum absolute atomic E-state index is 12.3. The van der Waals surface area contributed by atoms with Crippen LogP contribution in [0.3, 0.4) is 0 Å². The quantitative estimate of drug-likeness (QED) is 0.216. The van der Waals surface area contributed by atoms with Crippen LogP contribution in [0, 0.1) is 0 Å². The Balaban J connectivity index is 0.00000385. The molecule has 2 aromatic rings. The number of aromatic amines is 1. The summed E-state index contributed by atoms with van der Waals surface area (Å²) in [6.07, 6.45) is -0.587. The van der Waals surface area contributed by atoms with Crippen molar-refractivity contribution in [3.8, 4) is 0 Å². The number of amides is 1. The molecule has 9 N–H and O–H groups in total. The topological polar surface area (TPSA) is 212 Å². The molecule has 2 atom stereocenters. The van der Waals surface area contributed by atoms with Crippen molar-refractivity contribution in [2.45, 2.75) is 24.9 Å². The molecule has 0 aliphatic carbocycles. The molecule has 1 unspecified atom stereocenters. The van der Waals surface area contributed by atoms with Gasteiger partial charge in [-0.2, -0.15) is 4.98 Å². The van der Waals surface area contributed by atoms with Gasteiger partial charge < -0.3 is 37.2 Å². The minimum atomic E-state index is -1.30. The number of anilines is 4. The summed E-state index contributed by atoms with van der Waals surface area (Å²) in [7, 11) is 0. The number of fused-ring (bicyclic) bond motifs is 1. The second-order valence-corrected chi connectivity index (χ2v) is 7.15. The number of aliphatic carboxylic acids is 2. The Morgan fingerprint density at radius 3 is 2.55 bits per heavy atom. The number of hydrogen-bond acceptors (Lipinski definition) is 9. The van der Waals surface area contributed by atoms with Gasteiger partial charge in [-0.15, -0.1) is 0 Å². The molecule has 1 aliphatic heterocycles. The molecule has 2 heterocycles. The van der Waals surface area contributed by atoms with Crippen molar-refractivity contribution in [3.63, 3.8) is 0 Å². The number of carbonyl (C=O) groups excluding carboxylic acids is 1. The average molecular weight is 468 g/mol. The van der Waals surface area contributed by atoms with E-state index in [1.165, 1.54) is 12.1 Å². The maximum atomic E-state index is 12.3. The fourth-order valence-corrected chi connectivity index (χ4v) is 3.10. The summed E-state index contributed by atoms with van der Waals surface area (Å²) in [6.45, 7) is 0.960. The third kappa shape index (κ3) is 7.10. The molecule has 1 aliphatic rings. The molecule has 0 fully saturated rings. The first kappa shape index (κ1) is 26.0. The van der Waals surface area contributed by atoms with Gasteiger partial charge in [0.1, 0.15) is 11.7 Å². The van der Waals surface area contributed by atoms with E-state index in [1.807, 2.05) is 0 Å². The van der Waals surface area contributed by atoms with E-state index in [0.29, 0.717) is 30.3 Å². The summed E-state index contributed by atoms with van der Waals surface area (Å²) in [5, 5.41) is 29.5. The molecule has 14 heteroatoms. The third-order valence-corrected chi connectivity index (χ3v) is 4.75. The SMILES string of the molecule is Nc1nc2c(c(=O)[nH]1)NC(CNc1ccc(C(=O)N[C@@H](CCC(=O)O)C(=O)O)cc1)CN2.[Na]. The maximum Gasteiger partial charge on any atom is 0.326 e. The van der Waals surface area contributed by atoms with Gasteiger partial charge in [0.25, 0.3) is 11.5 Å². The van der Waals surface area contributed by atoms with Crippen molar-refractivity contribution in [2.24, 2.45) is 0 Å². The average Bonchev–Trinajstić information content (AvgIpc) is 2.75. The van der Waals surface area contributed by atoms with Gasteiger partial charge >= 0.3 is 11.9 Å². The van der Waals surface area contributed by atoms with E-state index in [0.717, 1.165) is 0 Å². The van der Waals surface area contributed by atoms with Crippen LogP contribution in [-0.4, -0.2) is 92.8 Å². The van der Waals surface area contributed by atoms with Crippen molar-refractivity contribution in [1.29, 1.82) is 0 Å². The van der Waals surface area contributed by atoms with Crippen LogP contribution in [0.5, 0.6) is 0 Å². The van der Waals surface area contributed by atoms with E-state index < -0.39 is 23.9 Å². The van der Waals surface area contributed by atoms with Gasteiger partial charge in [-0.1, -0.05) is 0 Å². The first-order valence-corrected chi connectivity index (χ1v) is 9.72. The molecule has 1 amide bonds. The van der Waals surface area contributed by atoms with E-state index in [2.05, 4.69) is 31.2 Å². The van der Waals surface area contributed by atoms with Gasteiger partial charge in [-0.3, -0.25) is 19.4 Å². The molecule has 3 rings (SSSR count). The van der Waals surface area contributed by atoms with Crippen LogP contribution in [-0.2, 0) is 9.59 Å². The van der Waals surface area contributed by atoms with E-state index in [-0.39, 0.29) is 65.5 Å². The third-order valence-electron chi connectivity index (χ3n) is 4.75. The number of carboxylic acids is 2. The number of benzene rings is 1. The molecule has 0 saturated carbocycles. The Morgan fingerprint density at radius 1 is 1.21 bits per heavy atom. The van der Waals surface area contributed by atoms with Gasteiger partial charge in [0, 0.05) is 60.3 Å². The minimum Gasteiger partial charge on any atom is -0.481 e. The first-order chi connectivity index (χ1) is 15.2. The molecular weight excluding hydrogens is 445 g/mol. The zero-order valence-corrected chi connectivity index (χ0v) is 19.8. The second-order valence-electron chi connectivity index (χ2n) is 7.15. The van der Waals surface area contributed by atoms with Crippen LogP contribution < -0.4 is 32.6 Å². The molecular formula is C19H23N7NaO6. The van der Waals surface area contributed by atoms with Crippen molar-refractivity contribution in [2.75, 3.05) is 34.8 Å². The molecule has 13 nitrogen and oxygen atoms in total. The number of hydrogen-bond donors (Lipinski definition) is 8. The minimum absolute atomic E-state index is 0. The zero-order chi connectivity index (χ0) is 23.3. The largest absolute Gasteiger partial charge is 0.481 e. The van der Waals surface area contributed by atoms with Crippen LogP contribution in [0.1, 0.15) is 23.2 Å². The number of aromatic nitrogens is 2. The summed E-state index contributed by atoms with van der Waals surface area (Å²) >= 11 is 0. The molecule has 0 saturated heterocycles. The number of nitrogen functional groups attached to an aromatic ring is 1. The molecule has 33 heavy (non-hydrogen) atoms. The Labute approximate surface area is 209 Å². The van der Waals surface area contributed by atoms with Gasteiger partial charge in [-0.05, 0) is 30.7 Å². The van der Waals surface area contributed by atoms with Crippen LogP contribution in [0.4, 0.5) is 23.1 Å². The summed E-state index contributed by atoms with van der Waals surface area (Å²) in [5.41, 5.74) is 6.40. The first-order valence-electron chi connectivity index (χ1n) is 9.72. The number of nitrogens with zero attached hydrogens (tertiary/aromatic N) is 1. The number of carbonyl (C=O) groups is 3. The Morgan fingerprint density at radius 2 is 1.91 bits per heavy atom. The van der Waals surface area contributed by atoms with E-state index in [4.69, 9.17) is 15.9 Å². The number of H-pyrrole nitrogens is 1. The Hall–Kier alpha value is -3.29. The number of carboxylic acid groups (broad SMARTS) is 2. The Bertz CT molecular complexity index is 1080. The van der Waals surface area contributed by atoms with Crippen molar-refractivity contribution >= 4 is 70.5 Å². The Kier molecular flexibility index (Phi) is 9.08. The van der Waals surface area contributed by atoms with Crippen LogP contribution >= 0.6 is 0 Å². The summed E-state index contributed by atoms with van der Waals surface area (Å²) in [5.74, 6) is -2.64. The molecule has 171 valence electrons. The molecule has 1 radical (unpaired) electrons.